The lowest BCUT2D eigenvalue weighted by Crippen LogP contribution is -2.34. The molecule has 1 aliphatic heterocycles. The molecule has 0 bridgehead atoms. The minimum Gasteiger partial charge on any atom is -0.352 e. The fraction of sp³-hybridized carbons (Fsp3) is 0.421. The number of aromatic nitrogens is 2. The molecule has 3 rings (SSSR count). The third-order valence-corrected chi connectivity index (χ3v) is 4.72. The maximum absolute atomic E-state index is 12.6. The van der Waals surface area contributed by atoms with Crippen LogP contribution in [-0.2, 0) is 18.4 Å². The Labute approximate surface area is 165 Å². The van der Waals surface area contributed by atoms with Gasteiger partial charge >= 0.3 is 0 Å². The second-order valence-corrected chi connectivity index (χ2v) is 6.59. The van der Waals surface area contributed by atoms with Crippen molar-refractivity contribution in [2.24, 2.45) is 13.0 Å². The molecule has 0 unspecified atom stereocenters. The van der Waals surface area contributed by atoms with Crippen LogP contribution in [0.5, 0.6) is 0 Å². The Bertz CT molecular complexity index is 775. The van der Waals surface area contributed by atoms with Gasteiger partial charge in [-0.2, -0.15) is 5.10 Å². The zero-order chi connectivity index (χ0) is 18.5. The molecule has 1 aromatic heterocycles. The largest absolute Gasteiger partial charge is 0.352 e. The number of aryl methyl sites for hydroxylation is 1. The number of hydrogen-bond donors (Lipinski definition) is 3. The van der Waals surface area contributed by atoms with Gasteiger partial charge in [0.25, 0.3) is 5.91 Å². The highest BCUT2D eigenvalue weighted by Crippen LogP contribution is 2.27. The molecule has 1 saturated heterocycles. The molecule has 2 aromatic rings. The first-order chi connectivity index (χ1) is 12.6. The zero-order valence-corrected chi connectivity index (χ0v) is 16.4. The first kappa shape index (κ1) is 20.9. The molecule has 146 valence electrons. The number of carbonyl (C=O) groups excluding carboxylic acids is 2. The fourth-order valence-electron chi connectivity index (χ4n) is 3.29. The molecule has 0 saturated carbocycles. The van der Waals surface area contributed by atoms with E-state index < -0.39 is 0 Å². The van der Waals surface area contributed by atoms with E-state index >= 15 is 0 Å². The molecule has 2 atom stereocenters. The number of rotatable bonds is 6. The van der Waals surface area contributed by atoms with E-state index in [2.05, 4.69) is 21.0 Å². The SMILES string of the molecule is CCNC(=O)c1ccc(CNC(=O)[C@H]2CNC[C@@H]2c2cnn(C)c2)cc1.Cl. The minimum atomic E-state index is -0.103. The third-order valence-electron chi connectivity index (χ3n) is 4.72. The van der Waals surface area contributed by atoms with Crippen molar-refractivity contribution in [3.05, 3.63) is 53.3 Å². The van der Waals surface area contributed by atoms with Gasteiger partial charge < -0.3 is 16.0 Å². The van der Waals surface area contributed by atoms with Crippen LogP contribution in [0.1, 0.15) is 34.3 Å². The molecule has 3 N–H and O–H groups in total. The molecule has 2 heterocycles. The highest BCUT2D eigenvalue weighted by molar-refractivity contribution is 5.94. The molecule has 7 nitrogen and oxygen atoms in total. The first-order valence-corrected chi connectivity index (χ1v) is 8.92. The number of benzene rings is 1. The lowest BCUT2D eigenvalue weighted by Gasteiger charge is -2.17. The van der Waals surface area contributed by atoms with Gasteiger partial charge in [-0.05, 0) is 30.2 Å². The summed E-state index contributed by atoms with van der Waals surface area (Å²) in [6.07, 6.45) is 3.80. The molecular weight excluding hydrogens is 366 g/mol. The number of carbonyl (C=O) groups is 2. The van der Waals surface area contributed by atoms with Crippen molar-refractivity contribution in [2.75, 3.05) is 19.6 Å². The van der Waals surface area contributed by atoms with Crippen molar-refractivity contribution in [2.45, 2.75) is 19.4 Å². The minimum absolute atomic E-state index is 0. The topological polar surface area (TPSA) is 88.1 Å². The quantitative estimate of drug-likeness (QED) is 0.690. The van der Waals surface area contributed by atoms with Gasteiger partial charge in [-0.1, -0.05) is 12.1 Å². The van der Waals surface area contributed by atoms with Crippen LogP contribution >= 0.6 is 12.4 Å². The van der Waals surface area contributed by atoms with E-state index in [4.69, 9.17) is 0 Å². The number of nitrogens with one attached hydrogen (secondary N) is 3. The van der Waals surface area contributed by atoms with Gasteiger partial charge in [0.2, 0.25) is 5.91 Å². The second-order valence-electron chi connectivity index (χ2n) is 6.59. The van der Waals surface area contributed by atoms with Crippen molar-refractivity contribution in [3.63, 3.8) is 0 Å². The summed E-state index contributed by atoms with van der Waals surface area (Å²) in [5, 5.41) is 13.3. The lowest BCUT2D eigenvalue weighted by molar-refractivity contribution is -0.125. The van der Waals surface area contributed by atoms with Gasteiger partial charge in [-0.3, -0.25) is 14.3 Å². The predicted molar refractivity (Wildman–Crippen MR) is 106 cm³/mol. The zero-order valence-electron chi connectivity index (χ0n) is 15.6. The van der Waals surface area contributed by atoms with E-state index in [9.17, 15) is 9.59 Å². The Kier molecular flexibility index (Phi) is 7.38. The Morgan fingerprint density at radius 3 is 2.59 bits per heavy atom. The predicted octanol–water partition coefficient (Wildman–Crippen LogP) is 1.21. The van der Waals surface area contributed by atoms with Crippen LogP contribution < -0.4 is 16.0 Å². The molecule has 0 radical (unpaired) electrons. The van der Waals surface area contributed by atoms with E-state index in [1.807, 2.05) is 38.5 Å². The average Bonchev–Trinajstić information content (AvgIpc) is 3.29. The monoisotopic (exact) mass is 391 g/mol. The van der Waals surface area contributed by atoms with Crippen LogP contribution in [0.2, 0.25) is 0 Å². The number of amides is 2. The highest BCUT2D eigenvalue weighted by atomic mass is 35.5. The van der Waals surface area contributed by atoms with E-state index in [1.54, 1.807) is 16.8 Å². The molecule has 0 spiro atoms. The Hall–Kier alpha value is -2.38. The summed E-state index contributed by atoms with van der Waals surface area (Å²) in [6.45, 7) is 4.39. The maximum Gasteiger partial charge on any atom is 0.251 e. The van der Waals surface area contributed by atoms with E-state index in [-0.39, 0.29) is 36.1 Å². The van der Waals surface area contributed by atoms with E-state index in [0.717, 1.165) is 17.7 Å². The van der Waals surface area contributed by atoms with Gasteiger partial charge in [0.05, 0.1) is 12.1 Å². The molecule has 1 aromatic carbocycles. The van der Waals surface area contributed by atoms with Crippen LogP contribution in [0.15, 0.2) is 36.7 Å². The summed E-state index contributed by atoms with van der Waals surface area (Å²) in [6, 6.07) is 7.30. The molecule has 2 amide bonds. The number of hydrogen-bond acceptors (Lipinski definition) is 4. The third kappa shape index (κ3) is 5.08. The van der Waals surface area contributed by atoms with Crippen molar-refractivity contribution in [1.29, 1.82) is 0 Å². The Morgan fingerprint density at radius 2 is 1.96 bits per heavy atom. The average molecular weight is 392 g/mol. The van der Waals surface area contributed by atoms with Crippen LogP contribution in [-0.4, -0.2) is 41.2 Å². The second kappa shape index (κ2) is 9.53. The fourth-order valence-corrected chi connectivity index (χ4v) is 3.29. The Morgan fingerprint density at radius 1 is 1.22 bits per heavy atom. The lowest BCUT2D eigenvalue weighted by atomic mass is 9.90. The van der Waals surface area contributed by atoms with Crippen molar-refractivity contribution >= 4 is 24.2 Å². The molecule has 8 heteroatoms. The summed E-state index contributed by atoms with van der Waals surface area (Å²) in [5.74, 6) is -0.00583. The summed E-state index contributed by atoms with van der Waals surface area (Å²) < 4.78 is 1.76. The van der Waals surface area contributed by atoms with Crippen LogP contribution in [0, 0.1) is 5.92 Å². The van der Waals surface area contributed by atoms with Gasteiger partial charge in [0, 0.05) is 50.9 Å². The molecular formula is C19H26ClN5O2. The first-order valence-electron chi connectivity index (χ1n) is 8.92. The summed E-state index contributed by atoms with van der Waals surface area (Å²) in [4.78, 5) is 24.4. The van der Waals surface area contributed by atoms with E-state index in [0.29, 0.717) is 25.2 Å². The summed E-state index contributed by atoms with van der Waals surface area (Å²) >= 11 is 0. The standard InChI is InChI=1S/C19H25N5O2.ClH/c1-3-21-18(25)14-6-4-13(5-7-14)8-22-19(26)17-11-20-10-16(17)15-9-23-24(2)12-15;/h4-7,9,12,16-17,20H,3,8,10-11H2,1-2H3,(H,21,25)(H,22,26);1H/t16-,17+;/m1./s1. The molecule has 0 aliphatic carbocycles. The van der Waals surface area contributed by atoms with Gasteiger partial charge in [-0.25, -0.2) is 0 Å². The van der Waals surface area contributed by atoms with Crippen molar-refractivity contribution in [1.82, 2.24) is 25.7 Å². The van der Waals surface area contributed by atoms with Gasteiger partial charge in [-0.15, -0.1) is 12.4 Å². The number of halogens is 1. The van der Waals surface area contributed by atoms with Crippen molar-refractivity contribution in [3.8, 4) is 0 Å². The van der Waals surface area contributed by atoms with Crippen LogP contribution in [0.4, 0.5) is 0 Å². The van der Waals surface area contributed by atoms with Crippen molar-refractivity contribution < 1.29 is 9.59 Å². The van der Waals surface area contributed by atoms with E-state index in [1.165, 1.54) is 0 Å². The maximum atomic E-state index is 12.6. The normalized spacial score (nSPS) is 18.6. The van der Waals surface area contributed by atoms with Crippen LogP contribution in [0.25, 0.3) is 0 Å². The smallest absolute Gasteiger partial charge is 0.251 e. The Balaban J connectivity index is 0.00000261. The van der Waals surface area contributed by atoms with Gasteiger partial charge in [0.15, 0.2) is 0 Å². The molecule has 27 heavy (non-hydrogen) atoms. The van der Waals surface area contributed by atoms with Crippen LogP contribution in [0.3, 0.4) is 0 Å². The molecule has 1 fully saturated rings. The summed E-state index contributed by atoms with van der Waals surface area (Å²) in [5.41, 5.74) is 2.68. The van der Waals surface area contributed by atoms with Gasteiger partial charge in [0.1, 0.15) is 0 Å². The number of nitrogens with zero attached hydrogens (tertiary/aromatic N) is 2. The highest BCUT2D eigenvalue weighted by Gasteiger charge is 2.34. The summed E-state index contributed by atoms with van der Waals surface area (Å²) in [7, 11) is 1.88. The molecule has 1 aliphatic rings.